The number of thiazole rings is 1. The van der Waals surface area contributed by atoms with Gasteiger partial charge in [-0.1, -0.05) is 6.08 Å². The van der Waals surface area contributed by atoms with Crippen LogP contribution in [0.15, 0.2) is 24.1 Å². The summed E-state index contributed by atoms with van der Waals surface area (Å²) < 4.78 is 2.27. The molecule has 0 unspecified atom stereocenters. The van der Waals surface area contributed by atoms with Crippen molar-refractivity contribution in [2.75, 3.05) is 32.7 Å². The molecule has 1 amide bonds. The van der Waals surface area contributed by atoms with E-state index in [1.165, 1.54) is 17.0 Å². The van der Waals surface area contributed by atoms with Crippen LogP contribution in [0.3, 0.4) is 0 Å². The molecule has 1 aliphatic heterocycles. The van der Waals surface area contributed by atoms with E-state index in [9.17, 15) is 4.79 Å². The monoisotopic (exact) mass is 429 g/mol. The van der Waals surface area contributed by atoms with Crippen LogP contribution in [0.2, 0.25) is 0 Å². The van der Waals surface area contributed by atoms with Crippen LogP contribution in [0.1, 0.15) is 37.2 Å². The Hall–Kier alpha value is -1.96. The number of nitrogens with zero attached hydrogens (tertiary/aromatic N) is 4. The minimum Gasteiger partial charge on any atom is -0.350 e. The van der Waals surface area contributed by atoms with E-state index in [0.29, 0.717) is 6.54 Å². The minimum atomic E-state index is -0.176. The minimum absolute atomic E-state index is 0.106. The Kier molecular flexibility index (Phi) is 7.16. The number of carbonyl (C=O) groups is 1. The van der Waals surface area contributed by atoms with Crippen LogP contribution >= 0.6 is 11.3 Å². The second-order valence-electron chi connectivity index (χ2n) is 9.16. The second kappa shape index (κ2) is 9.45. The van der Waals surface area contributed by atoms with Crippen molar-refractivity contribution in [3.63, 3.8) is 0 Å². The zero-order valence-corrected chi connectivity index (χ0v) is 19.8. The molecule has 0 aromatic carbocycles. The number of aryl methyl sites for hydroxylation is 1. The first kappa shape index (κ1) is 22.7. The summed E-state index contributed by atoms with van der Waals surface area (Å²) in [5, 5.41) is 6.36. The van der Waals surface area contributed by atoms with Gasteiger partial charge in [0.25, 0.3) is 0 Å². The molecule has 0 saturated carbocycles. The Morgan fingerprint density at radius 3 is 2.53 bits per heavy atom. The fraction of sp³-hybridized carbons (Fsp3) is 0.565. The van der Waals surface area contributed by atoms with Gasteiger partial charge in [0, 0.05) is 60.6 Å². The number of piperazine rings is 1. The van der Waals surface area contributed by atoms with Gasteiger partial charge in [-0.25, -0.2) is 4.98 Å². The van der Waals surface area contributed by atoms with E-state index < -0.39 is 0 Å². The third-order valence-corrected chi connectivity index (χ3v) is 6.25. The van der Waals surface area contributed by atoms with Crippen LogP contribution in [-0.4, -0.2) is 63.5 Å². The molecule has 0 spiro atoms. The lowest BCUT2D eigenvalue weighted by Gasteiger charge is -2.34. The summed E-state index contributed by atoms with van der Waals surface area (Å²) in [7, 11) is 0. The molecule has 1 N–H and O–H groups in total. The number of amides is 1. The number of hydrogen-bond donors (Lipinski definition) is 1. The molecular weight excluding hydrogens is 394 g/mol. The van der Waals surface area contributed by atoms with Crippen molar-refractivity contribution in [1.29, 1.82) is 0 Å². The van der Waals surface area contributed by atoms with Crippen LogP contribution in [0.5, 0.6) is 0 Å². The summed E-state index contributed by atoms with van der Waals surface area (Å²) in [5.74, 6) is 0.106. The van der Waals surface area contributed by atoms with E-state index in [1.807, 2.05) is 26.8 Å². The van der Waals surface area contributed by atoms with E-state index in [0.717, 1.165) is 50.0 Å². The maximum absolute atomic E-state index is 12.1. The number of carbonyl (C=O) groups excluding carboxylic acids is 1. The topological polar surface area (TPSA) is 53.4 Å². The number of allylic oxidation sites excluding steroid dienone is 1. The predicted octanol–water partition coefficient (Wildman–Crippen LogP) is 3.45. The SMILES string of the molecule is C=CCn1c(C)cc(-c2csc(CN3CCN(CC(=O)NC(C)(C)C)CC3)n2)c1C. The first-order chi connectivity index (χ1) is 14.2. The van der Waals surface area contributed by atoms with Crippen molar-refractivity contribution in [3.05, 3.63) is 40.5 Å². The highest BCUT2D eigenvalue weighted by atomic mass is 32.1. The van der Waals surface area contributed by atoms with Gasteiger partial charge in [-0.2, -0.15) is 0 Å². The van der Waals surface area contributed by atoms with Gasteiger partial charge in [0.15, 0.2) is 0 Å². The molecule has 3 heterocycles. The average molecular weight is 430 g/mol. The third-order valence-electron chi connectivity index (χ3n) is 5.42. The molecular formula is C23H35N5OS. The van der Waals surface area contributed by atoms with Crippen LogP contribution in [-0.2, 0) is 17.9 Å². The molecule has 1 aliphatic rings. The predicted molar refractivity (Wildman–Crippen MR) is 125 cm³/mol. The highest BCUT2D eigenvalue weighted by Crippen LogP contribution is 2.28. The highest BCUT2D eigenvalue weighted by molar-refractivity contribution is 7.09. The summed E-state index contributed by atoms with van der Waals surface area (Å²) in [6, 6.07) is 2.22. The molecule has 2 aromatic heterocycles. The molecule has 30 heavy (non-hydrogen) atoms. The summed E-state index contributed by atoms with van der Waals surface area (Å²) in [6.07, 6.45) is 1.93. The largest absolute Gasteiger partial charge is 0.350 e. The van der Waals surface area contributed by atoms with Crippen molar-refractivity contribution in [3.8, 4) is 11.3 Å². The normalized spacial score (nSPS) is 16.0. The van der Waals surface area contributed by atoms with Gasteiger partial charge >= 0.3 is 0 Å². The lowest BCUT2D eigenvalue weighted by molar-refractivity contribution is -0.124. The standard InChI is InChI=1S/C23H35N5OS/c1-7-8-28-17(2)13-19(18(28)3)20-16-30-22(24-20)15-27-11-9-26(10-12-27)14-21(29)25-23(4,5)6/h7,13,16H,1,8-12,14-15H2,2-6H3,(H,25,29). The first-order valence-corrected chi connectivity index (χ1v) is 11.5. The zero-order chi connectivity index (χ0) is 21.9. The van der Waals surface area contributed by atoms with E-state index in [4.69, 9.17) is 4.98 Å². The molecule has 1 saturated heterocycles. The summed E-state index contributed by atoms with van der Waals surface area (Å²) >= 11 is 1.73. The Balaban J connectivity index is 1.54. The first-order valence-electron chi connectivity index (χ1n) is 10.6. The smallest absolute Gasteiger partial charge is 0.234 e. The fourth-order valence-electron chi connectivity index (χ4n) is 3.94. The fourth-order valence-corrected chi connectivity index (χ4v) is 4.77. The average Bonchev–Trinajstić information content (AvgIpc) is 3.21. The molecule has 2 aromatic rings. The van der Waals surface area contributed by atoms with E-state index >= 15 is 0 Å². The number of aromatic nitrogens is 2. The molecule has 6 nitrogen and oxygen atoms in total. The maximum Gasteiger partial charge on any atom is 0.234 e. The van der Waals surface area contributed by atoms with Crippen molar-refractivity contribution in [2.45, 2.75) is 53.2 Å². The van der Waals surface area contributed by atoms with Crippen LogP contribution in [0, 0.1) is 13.8 Å². The molecule has 1 fully saturated rings. The molecule has 164 valence electrons. The van der Waals surface area contributed by atoms with Crippen molar-refractivity contribution in [2.24, 2.45) is 0 Å². The molecule has 0 bridgehead atoms. The summed E-state index contributed by atoms with van der Waals surface area (Å²) in [4.78, 5) is 21.7. The highest BCUT2D eigenvalue weighted by Gasteiger charge is 2.22. The van der Waals surface area contributed by atoms with E-state index in [2.05, 4.69) is 51.6 Å². The molecule has 3 rings (SSSR count). The Morgan fingerprint density at radius 2 is 1.90 bits per heavy atom. The van der Waals surface area contributed by atoms with Gasteiger partial charge in [0.2, 0.25) is 5.91 Å². The quantitative estimate of drug-likeness (QED) is 0.685. The lowest BCUT2D eigenvalue weighted by atomic mass is 10.1. The Morgan fingerprint density at radius 1 is 1.23 bits per heavy atom. The van der Waals surface area contributed by atoms with Crippen LogP contribution in [0.4, 0.5) is 0 Å². The Bertz CT molecular complexity index is 884. The Labute approximate surface area is 184 Å². The number of hydrogen-bond acceptors (Lipinski definition) is 5. The number of rotatable bonds is 7. The maximum atomic E-state index is 12.1. The molecule has 7 heteroatoms. The zero-order valence-electron chi connectivity index (χ0n) is 19.0. The lowest BCUT2D eigenvalue weighted by Crippen LogP contribution is -2.51. The summed E-state index contributed by atoms with van der Waals surface area (Å²) in [6.45, 7) is 20.1. The van der Waals surface area contributed by atoms with Gasteiger partial charge in [-0.05, 0) is 40.7 Å². The van der Waals surface area contributed by atoms with Crippen molar-refractivity contribution < 1.29 is 4.79 Å². The van der Waals surface area contributed by atoms with Crippen molar-refractivity contribution >= 4 is 17.2 Å². The van der Waals surface area contributed by atoms with Gasteiger partial charge in [-0.3, -0.25) is 14.6 Å². The molecule has 0 radical (unpaired) electrons. The van der Waals surface area contributed by atoms with Gasteiger partial charge in [-0.15, -0.1) is 17.9 Å². The van der Waals surface area contributed by atoms with Gasteiger partial charge in [0.05, 0.1) is 18.8 Å². The molecule has 0 aliphatic carbocycles. The van der Waals surface area contributed by atoms with Crippen molar-refractivity contribution in [1.82, 2.24) is 24.7 Å². The van der Waals surface area contributed by atoms with E-state index in [-0.39, 0.29) is 11.4 Å². The van der Waals surface area contributed by atoms with Gasteiger partial charge in [0.1, 0.15) is 5.01 Å². The molecule has 0 atom stereocenters. The van der Waals surface area contributed by atoms with Crippen LogP contribution < -0.4 is 5.32 Å². The van der Waals surface area contributed by atoms with Gasteiger partial charge < -0.3 is 9.88 Å². The van der Waals surface area contributed by atoms with E-state index in [1.54, 1.807) is 11.3 Å². The third kappa shape index (κ3) is 5.80. The number of nitrogens with one attached hydrogen (secondary N) is 1. The van der Waals surface area contributed by atoms with Crippen LogP contribution in [0.25, 0.3) is 11.3 Å². The summed E-state index contributed by atoms with van der Waals surface area (Å²) in [5.41, 5.74) is 4.59. The second-order valence-corrected chi connectivity index (χ2v) is 10.1.